The molecule has 2 saturated heterocycles. The molecule has 0 saturated carbocycles. The number of aromatic nitrogens is 2. The van der Waals surface area contributed by atoms with Gasteiger partial charge in [0.15, 0.2) is 5.82 Å². The summed E-state index contributed by atoms with van der Waals surface area (Å²) in [5.74, 6) is 2.63. The molecule has 1 aromatic heterocycles. The largest absolute Gasteiger partial charge is 0.339 e. The first kappa shape index (κ1) is 13.1. The zero-order valence-electron chi connectivity index (χ0n) is 11.9. The molecular weight excluding hydrogens is 240 g/mol. The fourth-order valence-electron chi connectivity index (χ4n) is 3.13. The maximum Gasteiger partial charge on any atom is 0.231 e. The lowest BCUT2D eigenvalue weighted by Crippen LogP contribution is -2.39. The molecule has 2 fully saturated rings. The van der Waals surface area contributed by atoms with Crippen molar-refractivity contribution in [2.24, 2.45) is 0 Å². The number of likely N-dealkylation sites (tertiary alicyclic amines) is 1. The molecule has 5 nitrogen and oxygen atoms in total. The Morgan fingerprint density at radius 3 is 2.95 bits per heavy atom. The van der Waals surface area contributed by atoms with E-state index in [1.54, 1.807) is 0 Å². The standard InChI is InChI=1S/C14H24N4O/c1-10(2)18-7-3-4-12(9-18)14-16-13(17-19-14)11-5-6-15-8-11/h10-12,15H,3-9H2,1-2H3. The van der Waals surface area contributed by atoms with E-state index >= 15 is 0 Å². The van der Waals surface area contributed by atoms with Crippen molar-refractivity contribution in [2.75, 3.05) is 26.2 Å². The number of nitrogens with one attached hydrogen (secondary N) is 1. The molecule has 2 aliphatic heterocycles. The van der Waals surface area contributed by atoms with Gasteiger partial charge in [-0.3, -0.25) is 0 Å². The van der Waals surface area contributed by atoms with Gasteiger partial charge in [-0.1, -0.05) is 5.16 Å². The van der Waals surface area contributed by atoms with Gasteiger partial charge in [0.1, 0.15) is 0 Å². The first-order valence-corrected chi connectivity index (χ1v) is 7.52. The first-order valence-electron chi connectivity index (χ1n) is 7.52. The number of rotatable bonds is 3. The molecule has 2 aliphatic rings. The monoisotopic (exact) mass is 264 g/mol. The average Bonchev–Trinajstić information content (AvgIpc) is 3.09. The van der Waals surface area contributed by atoms with E-state index in [0.29, 0.717) is 17.9 Å². The fraction of sp³-hybridized carbons (Fsp3) is 0.857. The highest BCUT2D eigenvalue weighted by molar-refractivity contribution is 5.03. The summed E-state index contributed by atoms with van der Waals surface area (Å²) in [7, 11) is 0. The van der Waals surface area contributed by atoms with Crippen LogP contribution in [0.15, 0.2) is 4.52 Å². The van der Waals surface area contributed by atoms with Crippen LogP contribution in [0, 0.1) is 0 Å². The van der Waals surface area contributed by atoms with Crippen LogP contribution in [0.4, 0.5) is 0 Å². The third-order valence-corrected chi connectivity index (χ3v) is 4.42. The first-order chi connectivity index (χ1) is 9.24. The summed E-state index contributed by atoms with van der Waals surface area (Å²) in [5, 5.41) is 7.55. The second-order valence-electron chi connectivity index (χ2n) is 6.11. The third-order valence-electron chi connectivity index (χ3n) is 4.42. The highest BCUT2D eigenvalue weighted by Gasteiger charge is 2.29. The smallest absolute Gasteiger partial charge is 0.231 e. The Morgan fingerprint density at radius 2 is 2.21 bits per heavy atom. The number of nitrogens with zero attached hydrogens (tertiary/aromatic N) is 3. The SMILES string of the molecule is CC(C)N1CCCC(c2nc(C3CCNC3)no2)C1. The predicted molar refractivity (Wildman–Crippen MR) is 73.2 cm³/mol. The molecule has 1 aromatic rings. The van der Waals surface area contributed by atoms with Crippen LogP contribution in [0.3, 0.4) is 0 Å². The highest BCUT2D eigenvalue weighted by Crippen LogP contribution is 2.28. The van der Waals surface area contributed by atoms with Gasteiger partial charge in [-0.05, 0) is 46.2 Å². The number of hydrogen-bond acceptors (Lipinski definition) is 5. The van der Waals surface area contributed by atoms with Crippen LogP contribution in [-0.4, -0.2) is 47.3 Å². The molecule has 5 heteroatoms. The minimum Gasteiger partial charge on any atom is -0.339 e. The fourth-order valence-corrected chi connectivity index (χ4v) is 3.13. The predicted octanol–water partition coefficient (Wildman–Crippen LogP) is 1.73. The van der Waals surface area contributed by atoms with E-state index in [9.17, 15) is 0 Å². The molecule has 0 amide bonds. The lowest BCUT2D eigenvalue weighted by molar-refractivity contribution is 0.153. The maximum atomic E-state index is 5.53. The lowest BCUT2D eigenvalue weighted by atomic mass is 9.97. The third kappa shape index (κ3) is 2.82. The zero-order valence-corrected chi connectivity index (χ0v) is 11.9. The molecule has 0 bridgehead atoms. The molecule has 3 rings (SSSR count). The molecule has 2 unspecified atom stereocenters. The quantitative estimate of drug-likeness (QED) is 0.901. The summed E-state index contributed by atoms with van der Waals surface area (Å²) in [6.07, 6.45) is 3.53. The van der Waals surface area contributed by atoms with Crippen molar-refractivity contribution in [1.29, 1.82) is 0 Å². The summed E-state index contributed by atoms with van der Waals surface area (Å²) < 4.78 is 5.53. The van der Waals surface area contributed by atoms with Crippen LogP contribution in [0.5, 0.6) is 0 Å². The molecule has 0 radical (unpaired) electrons. The van der Waals surface area contributed by atoms with Crippen LogP contribution >= 0.6 is 0 Å². The Bertz CT molecular complexity index is 411. The lowest BCUT2D eigenvalue weighted by Gasteiger charge is -2.33. The topological polar surface area (TPSA) is 54.2 Å². The van der Waals surface area contributed by atoms with Gasteiger partial charge in [0.25, 0.3) is 0 Å². The number of piperidine rings is 1. The molecule has 2 atom stereocenters. The molecule has 1 N–H and O–H groups in total. The van der Waals surface area contributed by atoms with Crippen molar-refractivity contribution >= 4 is 0 Å². The minimum atomic E-state index is 0.423. The van der Waals surface area contributed by atoms with E-state index in [0.717, 1.165) is 37.8 Å². The van der Waals surface area contributed by atoms with Crippen molar-refractivity contribution < 1.29 is 4.52 Å². The number of hydrogen-bond donors (Lipinski definition) is 1. The summed E-state index contributed by atoms with van der Waals surface area (Å²) in [6, 6.07) is 0.601. The van der Waals surface area contributed by atoms with E-state index in [1.807, 2.05) is 0 Å². The van der Waals surface area contributed by atoms with Gasteiger partial charge < -0.3 is 14.7 Å². The van der Waals surface area contributed by atoms with Gasteiger partial charge in [0, 0.05) is 25.0 Å². The Morgan fingerprint density at radius 1 is 1.32 bits per heavy atom. The van der Waals surface area contributed by atoms with Crippen molar-refractivity contribution in [3.05, 3.63) is 11.7 Å². The second kappa shape index (κ2) is 5.59. The van der Waals surface area contributed by atoms with Crippen LogP contribution in [0.1, 0.15) is 56.7 Å². The summed E-state index contributed by atoms with van der Waals surface area (Å²) in [5.41, 5.74) is 0. The molecule has 0 aliphatic carbocycles. The van der Waals surface area contributed by atoms with E-state index in [-0.39, 0.29) is 0 Å². The Labute approximate surface area is 114 Å². The van der Waals surface area contributed by atoms with Gasteiger partial charge in [-0.15, -0.1) is 0 Å². The molecular formula is C14H24N4O. The summed E-state index contributed by atoms with van der Waals surface area (Å²) in [4.78, 5) is 7.17. The normalized spacial score (nSPS) is 29.2. The van der Waals surface area contributed by atoms with Crippen LogP contribution in [0.25, 0.3) is 0 Å². The van der Waals surface area contributed by atoms with Crippen molar-refractivity contribution in [2.45, 2.75) is 51.0 Å². The van der Waals surface area contributed by atoms with Crippen LogP contribution < -0.4 is 5.32 Å². The van der Waals surface area contributed by atoms with Gasteiger partial charge >= 0.3 is 0 Å². The Balaban J connectivity index is 1.68. The van der Waals surface area contributed by atoms with E-state index in [2.05, 4.69) is 34.2 Å². The Kier molecular flexibility index (Phi) is 3.84. The van der Waals surface area contributed by atoms with Gasteiger partial charge in [0.2, 0.25) is 5.89 Å². The van der Waals surface area contributed by atoms with Crippen molar-refractivity contribution in [1.82, 2.24) is 20.4 Å². The van der Waals surface area contributed by atoms with E-state index < -0.39 is 0 Å². The second-order valence-corrected chi connectivity index (χ2v) is 6.11. The van der Waals surface area contributed by atoms with Crippen molar-refractivity contribution in [3.63, 3.8) is 0 Å². The van der Waals surface area contributed by atoms with E-state index in [4.69, 9.17) is 4.52 Å². The molecule has 0 spiro atoms. The summed E-state index contributed by atoms with van der Waals surface area (Å²) >= 11 is 0. The summed E-state index contributed by atoms with van der Waals surface area (Å²) in [6.45, 7) is 8.82. The van der Waals surface area contributed by atoms with Crippen LogP contribution in [0.2, 0.25) is 0 Å². The zero-order chi connectivity index (χ0) is 13.2. The minimum absolute atomic E-state index is 0.423. The van der Waals surface area contributed by atoms with E-state index in [1.165, 1.54) is 19.4 Å². The average molecular weight is 264 g/mol. The van der Waals surface area contributed by atoms with Gasteiger partial charge in [0.05, 0.1) is 5.92 Å². The van der Waals surface area contributed by atoms with Gasteiger partial charge in [-0.25, -0.2) is 0 Å². The Hall–Kier alpha value is -0.940. The molecule has 0 aromatic carbocycles. The van der Waals surface area contributed by atoms with Crippen LogP contribution in [-0.2, 0) is 0 Å². The molecule has 106 valence electrons. The molecule has 19 heavy (non-hydrogen) atoms. The highest BCUT2D eigenvalue weighted by atomic mass is 16.5. The molecule has 3 heterocycles. The maximum absolute atomic E-state index is 5.53. The van der Waals surface area contributed by atoms with Gasteiger partial charge in [-0.2, -0.15) is 4.98 Å². The van der Waals surface area contributed by atoms with Crippen molar-refractivity contribution in [3.8, 4) is 0 Å².